The number of amides is 3. The van der Waals surface area contributed by atoms with Crippen LogP contribution in [0.1, 0.15) is 24.2 Å². The molecule has 166 valence electrons. The summed E-state index contributed by atoms with van der Waals surface area (Å²) in [6, 6.07) is 5.76. The fraction of sp³-hybridized carbons (Fsp3) is 0.389. The number of benzene rings is 1. The molecule has 0 saturated carbocycles. The van der Waals surface area contributed by atoms with E-state index in [-0.39, 0.29) is 5.89 Å². The first kappa shape index (κ1) is 22.1. The third-order valence-electron chi connectivity index (χ3n) is 4.43. The van der Waals surface area contributed by atoms with Crippen LogP contribution in [-0.4, -0.2) is 52.8 Å². The fourth-order valence-corrected chi connectivity index (χ4v) is 3.00. The Hall–Kier alpha value is -3.64. The molecule has 1 atom stereocenters. The predicted molar refractivity (Wildman–Crippen MR) is 94.4 cm³/mol. The Labute approximate surface area is 173 Å². The maximum absolute atomic E-state index is 12.9. The number of nitrogens with one attached hydrogen (secondary N) is 1. The number of rotatable bonds is 7. The molecule has 3 amide bonds. The van der Waals surface area contributed by atoms with Crippen molar-refractivity contribution in [1.82, 2.24) is 20.4 Å². The predicted octanol–water partition coefficient (Wildman–Crippen LogP) is 1.69. The van der Waals surface area contributed by atoms with Crippen LogP contribution in [0.2, 0.25) is 0 Å². The average Bonchev–Trinajstić information content (AvgIpc) is 3.23. The fourth-order valence-electron chi connectivity index (χ4n) is 3.00. The van der Waals surface area contributed by atoms with E-state index < -0.39 is 55.0 Å². The second kappa shape index (κ2) is 8.24. The van der Waals surface area contributed by atoms with E-state index in [1.165, 1.54) is 14.0 Å². The number of alkyl halides is 3. The SMILES string of the molecule is COc1ccccc1C1(C)NC(=O)N(CC(=O)OCc2nc(CC(F)(F)F)no2)C1=O. The lowest BCUT2D eigenvalue weighted by atomic mass is 9.91. The van der Waals surface area contributed by atoms with Gasteiger partial charge in [-0.3, -0.25) is 14.5 Å². The highest BCUT2D eigenvalue weighted by Gasteiger charge is 2.51. The number of halogens is 3. The number of hydrogen-bond acceptors (Lipinski definition) is 8. The van der Waals surface area contributed by atoms with Crippen molar-refractivity contribution in [2.24, 2.45) is 0 Å². The molecular weight excluding hydrogens is 425 g/mol. The van der Waals surface area contributed by atoms with Crippen molar-refractivity contribution in [3.05, 3.63) is 41.5 Å². The first-order chi connectivity index (χ1) is 14.5. The summed E-state index contributed by atoms with van der Waals surface area (Å²) in [6.45, 7) is 0.132. The molecule has 3 rings (SSSR count). The Bertz CT molecular complexity index is 1010. The van der Waals surface area contributed by atoms with Crippen LogP contribution in [0, 0.1) is 0 Å². The van der Waals surface area contributed by atoms with Crippen LogP contribution in [0.25, 0.3) is 0 Å². The van der Waals surface area contributed by atoms with Gasteiger partial charge < -0.3 is 19.3 Å². The molecule has 1 N–H and O–H groups in total. The number of carbonyl (C=O) groups is 3. The summed E-state index contributed by atoms with van der Waals surface area (Å²) in [5.41, 5.74) is -1.07. The molecular formula is C18H17F3N4O6. The first-order valence-electron chi connectivity index (χ1n) is 8.85. The van der Waals surface area contributed by atoms with Gasteiger partial charge in [0.15, 0.2) is 12.4 Å². The summed E-state index contributed by atoms with van der Waals surface area (Å²) in [4.78, 5) is 41.4. The van der Waals surface area contributed by atoms with Gasteiger partial charge in [0.05, 0.1) is 7.11 Å². The maximum Gasteiger partial charge on any atom is 0.396 e. The van der Waals surface area contributed by atoms with E-state index in [1.807, 2.05) is 0 Å². The molecule has 1 aliphatic heterocycles. The van der Waals surface area contributed by atoms with Crippen LogP contribution in [0.4, 0.5) is 18.0 Å². The summed E-state index contributed by atoms with van der Waals surface area (Å²) < 4.78 is 51.6. The number of nitrogens with zero attached hydrogens (tertiary/aromatic N) is 3. The number of imide groups is 1. The Balaban J connectivity index is 1.63. The number of para-hydroxylation sites is 1. The molecule has 13 heteroatoms. The Kier molecular flexibility index (Phi) is 5.86. The van der Waals surface area contributed by atoms with Gasteiger partial charge in [0.1, 0.15) is 24.3 Å². The molecule has 0 bridgehead atoms. The first-order valence-corrected chi connectivity index (χ1v) is 8.85. The summed E-state index contributed by atoms with van der Waals surface area (Å²) in [5, 5.41) is 5.67. The monoisotopic (exact) mass is 442 g/mol. The van der Waals surface area contributed by atoms with Gasteiger partial charge in [-0.15, -0.1) is 0 Å². The van der Waals surface area contributed by atoms with Crippen molar-refractivity contribution in [3.8, 4) is 5.75 Å². The highest BCUT2D eigenvalue weighted by atomic mass is 19.4. The van der Waals surface area contributed by atoms with Crippen LogP contribution in [0.15, 0.2) is 28.8 Å². The van der Waals surface area contributed by atoms with Gasteiger partial charge in [-0.2, -0.15) is 18.2 Å². The molecule has 2 aromatic rings. The number of hydrogen-bond donors (Lipinski definition) is 1. The van der Waals surface area contributed by atoms with E-state index in [1.54, 1.807) is 24.3 Å². The van der Waals surface area contributed by atoms with Crippen LogP contribution in [0.5, 0.6) is 5.75 Å². The number of carbonyl (C=O) groups excluding carboxylic acids is 3. The molecule has 1 aromatic carbocycles. The molecule has 1 aliphatic rings. The average molecular weight is 442 g/mol. The van der Waals surface area contributed by atoms with E-state index in [0.29, 0.717) is 16.2 Å². The minimum absolute atomic E-state index is 0.358. The van der Waals surface area contributed by atoms with E-state index >= 15 is 0 Å². The summed E-state index contributed by atoms with van der Waals surface area (Å²) in [7, 11) is 1.41. The number of ether oxygens (including phenoxy) is 2. The van der Waals surface area contributed by atoms with Crippen LogP contribution < -0.4 is 10.1 Å². The smallest absolute Gasteiger partial charge is 0.396 e. The number of methoxy groups -OCH3 is 1. The van der Waals surface area contributed by atoms with Crippen LogP contribution >= 0.6 is 0 Å². The second-order valence-corrected chi connectivity index (χ2v) is 6.70. The van der Waals surface area contributed by atoms with E-state index in [9.17, 15) is 27.6 Å². The zero-order valence-electron chi connectivity index (χ0n) is 16.4. The van der Waals surface area contributed by atoms with Crippen molar-refractivity contribution >= 4 is 17.9 Å². The molecule has 0 spiro atoms. The van der Waals surface area contributed by atoms with Gasteiger partial charge in [0.2, 0.25) is 0 Å². The molecule has 0 aliphatic carbocycles. The lowest BCUT2D eigenvalue weighted by molar-refractivity contribution is -0.149. The Morgan fingerprint density at radius 3 is 2.68 bits per heavy atom. The lowest BCUT2D eigenvalue weighted by Crippen LogP contribution is -2.42. The number of aromatic nitrogens is 2. The van der Waals surface area contributed by atoms with E-state index in [4.69, 9.17) is 9.47 Å². The van der Waals surface area contributed by atoms with Gasteiger partial charge >= 0.3 is 18.2 Å². The Morgan fingerprint density at radius 1 is 1.29 bits per heavy atom. The van der Waals surface area contributed by atoms with Crippen molar-refractivity contribution in [2.75, 3.05) is 13.7 Å². The van der Waals surface area contributed by atoms with Crippen LogP contribution in [0.3, 0.4) is 0 Å². The third-order valence-corrected chi connectivity index (χ3v) is 4.43. The zero-order valence-corrected chi connectivity index (χ0v) is 16.4. The largest absolute Gasteiger partial charge is 0.496 e. The summed E-state index contributed by atoms with van der Waals surface area (Å²) in [5.74, 6) is -2.30. The topological polar surface area (TPSA) is 124 Å². The summed E-state index contributed by atoms with van der Waals surface area (Å²) in [6.07, 6.45) is -5.91. The lowest BCUT2D eigenvalue weighted by Gasteiger charge is -2.24. The molecule has 31 heavy (non-hydrogen) atoms. The molecule has 0 radical (unpaired) electrons. The normalized spacial score (nSPS) is 18.8. The van der Waals surface area contributed by atoms with Crippen molar-refractivity contribution in [2.45, 2.75) is 31.7 Å². The molecule has 2 heterocycles. The number of esters is 1. The van der Waals surface area contributed by atoms with Gasteiger partial charge in [0, 0.05) is 5.56 Å². The summed E-state index contributed by atoms with van der Waals surface area (Å²) >= 11 is 0. The highest BCUT2D eigenvalue weighted by molar-refractivity contribution is 6.09. The number of urea groups is 1. The third kappa shape index (κ3) is 4.75. The van der Waals surface area contributed by atoms with E-state index in [0.717, 1.165) is 0 Å². The molecule has 10 nitrogen and oxygen atoms in total. The van der Waals surface area contributed by atoms with Crippen molar-refractivity contribution in [3.63, 3.8) is 0 Å². The molecule has 1 saturated heterocycles. The second-order valence-electron chi connectivity index (χ2n) is 6.70. The van der Waals surface area contributed by atoms with Crippen molar-refractivity contribution in [1.29, 1.82) is 0 Å². The van der Waals surface area contributed by atoms with Gasteiger partial charge in [-0.25, -0.2) is 4.79 Å². The van der Waals surface area contributed by atoms with Gasteiger partial charge in [-0.05, 0) is 13.0 Å². The zero-order chi connectivity index (χ0) is 22.8. The molecule has 1 fully saturated rings. The van der Waals surface area contributed by atoms with E-state index in [2.05, 4.69) is 20.0 Å². The van der Waals surface area contributed by atoms with Crippen LogP contribution in [-0.2, 0) is 32.9 Å². The minimum Gasteiger partial charge on any atom is -0.496 e. The Morgan fingerprint density at radius 2 is 2.00 bits per heavy atom. The molecule has 1 unspecified atom stereocenters. The van der Waals surface area contributed by atoms with Crippen molar-refractivity contribution < 1.29 is 41.6 Å². The standard InChI is InChI=1S/C18H17F3N4O6/c1-17(10-5-3-4-6-11(10)29-2)15(27)25(16(28)23-17)8-14(26)30-9-13-22-12(24-31-13)7-18(19,20)21/h3-6H,7-9H2,1-2H3,(H,23,28). The van der Waals surface area contributed by atoms with Gasteiger partial charge in [0.25, 0.3) is 11.8 Å². The van der Waals surface area contributed by atoms with Gasteiger partial charge in [-0.1, -0.05) is 23.4 Å². The quantitative estimate of drug-likeness (QED) is 0.508. The minimum atomic E-state index is -4.52. The maximum atomic E-state index is 12.9. The molecule has 1 aromatic heterocycles. The highest BCUT2D eigenvalue weighted by Crippen LogP contribution is 2.34.